The van der Waals surface area contributed by atoms with Crippen molar-refractivity contribution in [1.29, 1.82) is 0 Å². The molecule has 6 aromatic carbocycles. The lowest BCUT2D eigenvalue weighted by Crippen LogP contribution is -2.22. The van der Waals surface area contributed by atoms with E-state index in [1.165, 1.54) is 45.0 Å². The number of aryl methyl sites for hydroxylation is 1. The van der Waals surface area contributed by atoms with Crippen LogP contribution in [0.4, 0.5) is 0 Å². The Kier molecular flexibility index (Phi) is 10.8. The molecular formula is C39H36O7S3. The quantitative estimate of drug-likeness (QED) is 0.0882. The molecule has 0 spiro atoms. The van der Waals surface area contributed by atoms with Crippen LogP contribution in [0.5, 0.6) is 11.5 Å². The average Bonchev–Trinajstić information content (AvgIpc) is 3.06. The molecule has 0 aliphatic carbocycles. The van der Waals surface area contributed by atoms with Crippen LogP contribution in [0.2, 0.25) is 0 Å². The van der Waals surface area contributed by atoms with Gasteiger partial charge >= 0.3 is 10.1 Å². The van der Waals surface area contributed by atoms with Crippen LogP contribution in [0, 0.1) is 6.92 Å². The van der Waals surface area contributed by atoms with E-state index in [4.69, 9.17) is 8.92 Å². The van der Waals surface area contributed by atoms with Crippen LogP contribution in [0.3, 0.4) is 0 Å². The second-order valence-electron chi connectivity index (χ2n) is 12.0. The third-order valence-electron chi connectivity index (χ3n) is 7.06. The molecule has 0 saturated heterocycles. The highest BCUT2D eigenvalue weighted by Gasteiger charge is 2.28. The Morgan fingerprint density at radius 1 is 0.571 bits per heavy atom. The molecule has 252 valence electrons. The summed E-state index contributed by atoms with van der Waals surface area (Å²) >= 11 is 0. The van der Waals surface area contributed by atoms with Crippen molar-refractivity contribution in [2.45, 2.75) is 57.8 Å². The standard InChI is InChI=1S/C22H23OS.C17H14O6S2/c1-22(2,3)23-18-14-16-21(17-15-18)24(19-10-6-4-7-11-19)20-12-8-5-9-13-20;1-12-6-8-13(9-7-12)25(21,22)23-16-10-11-17(24(18,19)20)15-5-3-2-4-14(15)16/h4-17H,1-3H3;2-11H,1H3,(H,18,19,20)/q+1;/p-1. The summed E-state index contributed by atoms with van der Waals surface area (Å²) < 4.78 is 70.2. The Morgan fingerprint density at radius 2 is 1.06 bits per heavy atom. The molecule has 0 saturated carbocycles. The van der Waals surface area contributed by atoms with E-state index in [1.54, 1.807) is 24.3 Å². The zero-order valence-corrected chi connectivity index (χ0v) is 29.9. The van der Waals surface area contributed by atoms with Gasteiger partial charge in [0.05, 0.1) is 15.8 Å². The lowest BCUT2D eigenvalue weighted by atomic mass is 10.1. The third-order valence-corrected chi connectivity index (χ3v) is 11.4. The Labute approximate surface area is 291 Å². The van der Waals surface area contributed by atoms with Crippen molar-refractivity contribution < 1.29 is 30.3 Å². The SMILES string of the molecule is CC(C)(C)Oc1ccc([S+](c2ccccc2)c2ccccc2)cc1.Cc1ccc(S(=O)(=O)Oc2ccc(S(=O)(=O)[O-])c3ccccc23)cc1. The highest BCUT2D eigenvalue weighted by molar-refractivity contribution is 7.97. The van der Waals surface area contributed by atoms with Gasteiger partial charge in [0.2, 0.25) is 0 Å². The summed E-state index contributed by atoms with van der Waals surface area (Å²) in [5.74, 6) is 0.861. The van der Waals surface area contributed by atoms with Gasteiger partial charge in [0, 0.05) is 10.8 Å². The Hall–Kier alpha value is -4.61. The summed E-state index contributed by atoms with van der Waals surface area (Å²) in [5, 5.41) is 0.323. The van der Waals surface area contributed by atoms with Gasteiger partial charge in [-0.15, -0.1) is 0 Å². The van der Waals surface area contributed by atoms with Gasteiger partial charge < -0.3 is 13.5 Å². The minimum Gasteiger partial charge on any atom is -0.744 e. The molecule has 49 heavy (non-hydrogen) atoms. The van der Waals surface area contributed by atoms with E-state index >= 15 is 0 Å². The van der Waals surface area contributed by atoms with Gasteiger partial charge in [-0.05, 0) is 100 Å². The molecule has 0 bridgehead atoms. The molecule has 0 aliphatic heterocycles. The molecule has 0 N–H and O–H groups in total. The van der Waals surface area contributed by atoms with Crippen molar-refractivity contribution >= 4 is 41.9 Å². The minimum absolute atomic E-state index is 0.0253. The zero-order chi connectivity index (χ0) is 35.2. The van der Waals surface area contributed by atoms with E-state index in [0.29, 0.717) is 0 Å². The van der Waals surface area contributed by atoms with Crippen molar-refractivity contribution in [1.82, 2.24) is 0 Å². The molecule has 0 atom stereocenters. The lowest BCUT2D eigenvalue weighted by molar-refractivity contribution is 0.131. The predicted octanol–water partition coefficient (Wildman–Crippen LogP) is 8.78. The van der Waals surface area contributed by atoms with Crippen molar-refractivity contribution in [3.05, 3.63) is 151 Å². The fraction of sp³-hybridized carbons (Fsp3) is 0.128. The molecule has 0 fully saturated rings. The van der Waals surface area contributed by atoms with Gasteiger partial charge in [0.25, 0.3) is 0 Å². The van der Waals surface area contributed by atoms with Gasteiger partial charge in [0.1, 0.15) is 26.4 Å². The molecule has 6 aromatic rings. The van der Waals surface area contributed by atoms with Gasteiger partial charge in [-0.2, -0.15) is 8.42 Å². The molecule has 0 aromatic heterocycles. The van der Waals surface area contributed by atoms with E-state index in [9.17, 15) is 21.4 Å². The molecule has 0 aliphatic rings. The van der Waals surface area contributed by atoms with E-state index < -0.39 is 25.1 Å². The first kappa shape index (κ1) is 35.7. The van der Waals surface area contributed by atoms with Crippen LogP contribution in [-0.4, -0.2) is 27.0 Å². The number of benzene rings is 6. The summed E-state index contributed by atoms with van der Waals surface area (Å²) in [4.78, 5) is 3.50. The van der Waals surface area contributed by atoms with E-state index in [2.05, 4.69) is 106 Å². The molecule has 7 nitrogen and oxygen atoms in total. The smallest absolute Gasteiger partial charge is 0.339 e. The Bertz CT molecular complexity index is 2190. The van der Waals surface area contributed by atoms with Crippen molar-refractivity contribution in [2.75, 3.05) is 0 Å². The zero-order valence-electron chi connectivity index (χ0n) is 27.4. The molecule has 0 radical (unpaired) electrons. The number of ether oxygens (including phenoxy) is 1. The normalized spacial score (nSPS) is 11.9. The van der Waals surface area contributed by atoms with Gasteiger partial charge in [-0.25, -0.2) is 8.42 Å². The maximum Gasteiger partial charge on any atom is 0.339 e. The van der Waals surface area contributed by atoms with Crippen LogP contribution in [0.25, 0.3) is 10.8 Å². The minimum atomic E-state index is -4.70. The largest absolute Gasteiger partial charge is 0.744 e. The molecule has 0 unspecified atom stereocenters. The van der Waals surface area contributed by atoms with Crippen molar-refractivity contribution in [2.24, 2.45) is 0 Å². The molecular weight excluding hydrogens is 677 g/mol. The lowest BCUT2D eigenvalue weighted by Gasteiger charge is -2.21. The highest BCUT2D eigenvalue weighted by Crippen LogP contribution is 2.34. The highest BCUT2D eigenvalue weighted by atomic mass is 32.2. The average molecular weight is 713 g/mol. The summed E-state index contributed by atoms with van der Waals surface area (Å²) in [6.45, 7) is 8.03. The monoisotopic (exact) mass is 712 g/mol. The van der Waals surface area contributed by atoms with E-state index in [1.807, 2.05) is 6.92 Å². The second kappa shape index (κ2) is 14.9. The first-order chi connectivity index (χ1) is 23.2. The third kappa shape index (κ3) is 9.30. The summed E-state index contributed by atoms with van der Waals surface area (Å²) in [7, 11) is -8.90. The van der Waals surface area contributed by atoms with Crippen LogP contribution in [0.1, 0.15) is 26.3 Å². The molecule has 0 heterocycles. The van der Waals surface area contributed by atoms with E-state index in [0.717, 1.165) is 17.4 Å². The Balaban J connectivity index is 0.000000191. The predicted molar refractivity (Wildman–Crippen MR) is 193 cm³/mol. The Morgan fingerprint density at radius 3 is 1.57 bits per heavy atom. The fourth-order valence-corrected chi connectivity index (χ4v) is 8.64. The number of hydrogen-bond donors (Lipinski definition) is 0. The maximum absolute atomic E-state index is 12.4. The molecule has 6 rings (SSSR count). The van der Waals surface area contributed by atoms with Crippen LogP contribution >= 0.6 is 0 Å². The van der Waals surface area contributed by atoms with Gasteiger partial charge in [-0.1, -0.05) is 78.4 Å². The summed E-state index contributed by atoms with van der Waals surface area (Å²) in [6.07, 6.45) is 0. The van der Waals surface area contributed by atoms with E-state index in [-0.39, 0.29) is 37.9 Å². The van der Waals surface area contributed by atoms with Crippen LogP contribution in [0.15, 0.2) is 170 Å². The fourth-order valence-electron chi connectivity index (χ4n) is 4.92. The number of hydrogen-bond acceptors (Lipinski definition) is 7. The summed E-state index contributed by atoms with van der Waals surface area (Å²) in [5.41, 5.74) is 0.719. The van der Waals surface area contributed by atoms with Crippen molar-refractivity contribution in [3.8, 4) is 11.5 Å². The summed E-state index contributed by atoms with van der Waals surface area (Å²) in [6, 6.07) is 44.3. The van der Waals surface area contributed by atoms with Crippen molar-refractivity contribution in [3.63, 3.8) is 0 Å². The molecule has 10 heteroatoms. The van der Waals surface area contributed by atoms with Crippen LogP contribution in [-0.2, 0) is 31.1 Å². The number of rotatable bonds is 8. The maximum atomic E-state index is 12.4. The van der Waals surface area contributed by atoms with Gasteiger partial charge in [0.15, 0.2) is 20.4 Å². The first-order valence-electron chi connectivity index (χ1n) is 15.3. The molecule has 0 amide bonds. The topological polar surface area (TPSA) is 110 Å². The number of fused-ring (bicyclic) bond motifs is 1. The van der Waals surface area contributed by atoms with Gasteiger partial charge in [-0.3, -0.25) is 0 Å². The first-order valence-corrected chi connectivity index (χ1v) is 19.4. The second-order valence-corrected chi connectivity index (χ2v) is 17.0. The van der Waals surface area contributed by atoms with Crippen LogP contribution < -0.4 is 8.92 Å².